The Labute approximate surface area is 139 Å². The van der Waals surface area contributed by atoms with Gasteiger partial charge in [0.15, 0.2) is 11.5 Å². The smallest absolute Gasteiger partial charge is 0.268 e. The average molecular weight is 324 g/mol. The molecule has 0 aromatic carbocycles. The molecule has 24 heavy (non-hydrogen) atoms. The van der Waals surface area contributed by atoms with E-state index in [-0.39, 0.29) is 5.91 Å². The molecule has 0 saturated carbocycles. The third kappa shape index (κ3) is 2.78. The van der Waals surface area contributed by atoms with Gasteiger partial charge in [0.05, 0.1) is 6.54 Å². The zero-order chi connectivity index (χ0) is 16.4. The minimum Gasteiger partial charge on any atom is -0.343 e. The molecule has 2 N–H and O–H groups in total. The average Bonchev–Trinajstić information content (AvgIpc) is 3.28. The van der Waals surface area contributed by atoms with Crippen molar-refractivity contribution in [3.63, 3.8) is 0 Å². The van der Waals surface area contributed by atoms with Crippen LogP contribution in [-0.4, -0.2) is 38.2 Å². The zero-order valence-corrected chi connectivity index (χ0v) is 13.4. The van der Waals surface area contributed by atoms with E-state index in [1.807, 2.05) is 47.1 Å². The van der Waals surface area contributed by atoms with E-state index in [2.05, 4.69) is 25.4 Å². The Bertz CT molecular complexity index is 846. The van der Waals surface area contributed by atoms with Crippen molar-refractivity contribution in [2.24, 2.45) is 0 Å². The van der Waals surface area contributed by atoms with Gasteiger partial charge in [-0.3, -0.25) is 9.20 Å². The summed E-state index contributed by atoms with van der Waals surface area (Å²) in [6.07, 6.45) is 5.99. The van der Waals surface area contributed by atoms with Gasteiger partial charge in [0.25, 0.3) is 5.91 Å². The van der Waals surface area contributed by atoms with Gasteiger partial charge in [-0.15, -0.1) is 10.2 Å². The summed E-state index contributed by atoms with van der Waals surface area (Å²) in [6.45, 7) is 2.34. The number of carbonyl (C=O) groups is 1. The van der Waals surface area contributed by atoms with Crippen LogP contribution in [0, 0.1) is 0 Å². The molecule has 1 saturated heterocycles. The maximum atomic E-state index is 12.6. The van der Waals surface area contributed by atoms with Crippen LogP contribution in [0.15, 0.2) is 42.7 Å². The third-order valence-corrected chi connectivity index (χ3v) is 4.51. The van der Waals surface area contributed by atoms with Crippen LogP contribution in [0.25, 0.3) is 5.65 Å². The van der Waals surface area contributed by atoms with Gasteiger partial charge in [-0.1, -0.05) is 6.07 Å². The van der Waals surface area contributed by atoms with Gasteiger partial charge in [0.2, 0.25) is 0 Å². The van der Waals surface area contributed by atoms with Crippen LogP contribution in [0.1, 0.15) is 35.2 Å². The van der Waals surface area contributed by atoms with E-state index in [4.69, 9.17) is 0 Å². The topological polar surface area (TPSA) is 76.2 Å². The summed E-state index contributed by atoms with van der Waals surface area (Å²) in [4.78, 5) is 12.6. The standard InChI is InChI=1S/C17H20N6O/c24-17(14-4-3-11-22(14)13-6-8-18-9-7-13)19-12-16-21-20-15-5-1-2-10-23(15)16/h1-5,10-11,13,18H,6-9,12H2,(H,19,24). The molecule has 1 fully saturated rings. The van der Waals surface area contributed by atoms with Gasteiger partial charge < -0.3 is 15.2 Å². The monoisotopic (exact) mass is 324 g/mol. The molecule has 3 aromatic rings. The zero-order valence-electron chi connectivity index (χ0n) is 13.4. The van der Waals surface area contributed by atoms with E-state index in [1.54, 1.807) is 0 Å². The van der Waals surface area contributed by atoms with Crippen molar-refractivity contribution in [1.29, 1.82) is 0 Å². The Kier molecular flexibility index (Phi) is 4.00. The van der Waals surface area contributed by atoms with Crippen LogP contribution in [0.5, 0.6) is 0 Å². The van der Waals surface area contributed by atoms with Gasteiger partial charge in [-0.2, -0.15) is 0 Å². The fraction of sp³-hybridized carbons (Fsp3) is 0.353. The van der Waals surface area contributed by atoms with Crippen molar-refractivity contribution in [3.8, 4) is 0 Å². The van der Waals surface area contributed by atoms with Crippen LogP contribution in [0.3, 0.4) is 0 Å². The normalized spacial score (nSPS) is 15.7. The fourth-order valence-electron chi connectivity index (χ4n) is 3.25. The largest absolute Gasteiger partial charge is 0.343 e. The predicted octanol–water partition coefficient (Wildman–Crippen LogP) is 1.39. The Balaban J connectivity index is 1.48. The van der Waals surface area contributed by atoms with Gasteiger partial charge in [0.1, 0.15) is 5.69 Å². The molecule has 7 heteroatoms. The molecular weight excluding hydrogens is 304 g/mol. The maximum Gasteiger partial charge on any atom is 0.268 e. The second-order valence-corrected chi connectivity index (χ2v) is 6.01. The number of hydrogen-bond acceptors (Lipinski definition) is 4. The van der Waals surface area contributed by atoms with E-state index >= 15 is 0 Å². The summed E-state index contributed by atoms with van der Waals surface area (Å²) in [5.41, 5.74) is 1.48. The molecule has 0 atom stereocenters. The highest BCUT2D eigenvalue weighted by Crippen LogP contribution is 2.21. The number of amides is 1. The second-order valence-electron chi connectivity index (χ2n) is 6.01. The summed E-state index contributed by atoms with van der Waals surface area (Å²) in [5, 5.41) is 14.6. The highest BCUT2D eigenvalue weighted by atomic mass is 16.1. The molecule has 4 heterocycles. The number of piperidine rings is 1. The Morgan fingerprint density at radius 1 is 1.17 bits per heavy atom. The number of carbonyl (C=O) groups excluding carboxylic acids is 1. The van der Waals surface area contributed by atoms with E-state index in [9.17, 15) is 4.79 Å². The quantitative estimate of drug-likeness (QED) is 0.760. The minimum atomic E-state index is -0.0776. The van der Waals surface area contributed by atoms with E-state index in [0.29, 0.717) is 18.3 Å². The number of rotatable bonds is 4. The van der Waals surface area contributed by atoms with Crippen LogP contribution in [0.4, 0.5) is 0 Å². The molecular formula is C17H20N6O. The SMILES string of the molecule is O=C(NCc1nnc2ccccn12)c1cccn1C1CCNCC1. The highest BCUT2D eigenvalue weighted by molar-refractivity contribution is 5.92. The number of pyridine rings is 1. The lowest BCUT2D eigenvalue weighted by Gasteiger charge is -2.25. The van der Waals surface area contributed by atoms with Crippen LogP contribution >= 0.6 is 0 Å². The number of aromatic nitrogens is 4. The molecule has 4 rings (SSSR count). The molecule has 1 amide bonds. The van der Waals surface area contributed by atoms with Gasteiger partial charge in [-0.05, 0) is 50.2 Å². The maximum absolute atomic E-state index is 12.6. The van der Waals surface area contributed by atoms with Crippen LogP contribution in [-0.2, 0) is 6.54 Å². The van der Waals surface area contributed by atoms with Crippen molar-refractivity contribution < 1.29 is 4.79 Å². The molecule has 0 radical (unpaired) electrons. The lowest BCUT2D eigenvalue weighted by Crippen LogP contribution is -2.32. The van der Waals surface area contributed by atoms with Gasteiger partial charge >= 0.3 is 0 Å². The number of fused-ring (bicyclic) bond motifs is 1. The van der Waals surface area contributed by atoms with E-state index < -0.39 is 0 Å². The first-order valence-corrected chi connectivity index (χ1v) is 8.27. The third-order valence-electron chi connectivity index (χ3n) is 4.51. The summed E-state index contributed by atoms with van der Waals surface area (Å²) in [5.74, 6) is 0.644. The lowest BCUT2D eigenvalue weighted by molar-refractivity contribution is 0.0937. The molecule has 1 aliphatic rings. The van der Waals surface area contributed by atoms with Crippen molar-refractivity contribution in [2.45, 2.75) is 25.4 Å². The summed E-state index contributed by atoms with van der Waals surface area (Å²) < 4.78 is 3.98. The summed E-state index contributed by atoms with van der Waals surface area (Å²) >= 11 is 0. The van der Waals surface area contributed by atoms with Crippen molar-refractivity contribution in [2.75, 3.05) is 13.1 Å². The highest BCUT2D eigenvalue weighted by Gasteiger charge is 2.20. The minimum absolute atomic E-state index is 0.0776. The molecule has 0 unspecified atom stereocenters. The first-order valence-electron chi connectivity index (χ1n) is 8.27. The van der Waals surface area contributed by atoms with Crippen molar-refractivity contribution in [1.82, 2.24) is 29.8 Å². The molecule has 0 aliphatic carbocycles. The van der Waals surface area contributed by atoms with E-state index in [0.717, 1.165) is 37.4 Å². The molecule has 0 spiro atoms. The first-order chi connectivity index (χ1) is 11.8. The molecule has 1 aliphatic heterocycles. The number of nitrogens with zero attached hydrogens (tertiary/aromatic N) is 4. The fourth-order valence-corrected chi connectivity index (χ4v) is 3.25. The van der Waals surface area contributed by atoms with Crippen molar-refractivity contribution in [3.05, 3.63) is 54.2 Å². The lowest BCUT2D eigenvalue weighted by atomic mass is 10.1. The van der Waals surface area contributed by atoms with E-state index in [1.165, 1.54) is 0 Å². The molecule has 3 aromatic heterocycles. The van der Waals surface area contributed by atoms with Crippen LogP contribution in [0.2, 0.25) is 0 Å². The Morgan fingerprint density at radius 2 is 2.04 bits per heavy atom. The molecule has 7 nitrogen and oxygen atoms in total. The van der Waals surface area contributed by atoms with Crippen molar-refractivity contribution >= 4 is 11.6 Å². The number of hydrogen-bond donors (Lipinski definition) is 2. The van der Waals surface area contributed by atoms with Gasteiger partial charge in [0, 0.05) is 18.4 Å². The predicted molar refractivity (Wildman–Crippen MR) is 89.7 cm³/mol. The summed E-state index contributed by atoms with van der Waals surface area (Å²) in [6, 6.07) is 9.92. The van der Waals surface area contributed by atoms with Gasteiger partial charge in [-0.25, -0.2) is 0 Å². The summed E-state index contributed by atoms with van der Waals surface area (Å²) in [7, 11) is 0. The first kappa shape index (κ1) is 14.9. The molecule has 124 valence electrons. The Hall–Kier alpha value is -2.67. The second kappa shape index (κ2) is 6.45. The molecule has 0 bridgehead atoms. The van der Waals surface area contributed by atoms with Crippen LogP contribution < -0.4 is 10.6 Å². The Morgan fingerprint density at radius 3 is 2.92 bits per heavy atom. The number of nitrogens with one attached hydrogen (secondary N) is 2.